The van der Waals surface area contributed by atoms with Gasteiger partial charge in [-0.15, -0.1) is 0 Å². The van der Waals surface area contributed by atoms with Crippen LogP contribution in [0.1, 0.15) is 0 Å². The second-order valence-electron chi connectivity index (χ2n) is 2.42. The van der Waals surface area contributed by atoms with Gasteiger partial charge >= 0.3 is 6.03 Å². The van der Waals surface area contributed by atoms with Crippen molar-refractivity contribution in [1.29, 1.82) is 0 Å². The minimum absolute atomic E-state index is 0.0594. The number of anilines is 1. The molecule has 0 bridgehead atoms. The maximum Gasteiger partial charge on any atom is 0.326 e. The van der Waals surface area contributed by atoms with Gasteiger partial charge in [-0.1, -0.05) is 0 Å². The molecule has 2 amide bonds. The van der Waals surface area contributed by atoms with Gasteiger partial charge in [0.15, 0.2) is 0 Å². The highest BCUT2D eigenvalue weighted by molar-refractivity contribution is 7.08. The summed E-state index contributed by atoms with van der Waals surface area (Å²) < 4.78 is 0. The van der Waals surface area contributed by atoms with Gasteiger partial charge < -0.3 is 5.32 Å². The molecule has 0 atom stereocenters. The Kier molecular flexibility index (Phi) is 1.83. The number of urea groups is 1. The number of carbonyl (C=O) groups excluding carboxylic acids is 1. The molecule has 0 unspecified atom stereocenters. The molecule has 1 aromatic heterocycles. The lowest BCUT2D eigenvalue weighted by atomic mass is 10.4. The average molecular weight is 180 g/mol. The molecule has 0 spiro atoms. The number of thiophene rings is 1. The number of hydrogen-bond donors (Lipinski definition) is 1. The Morgan fingerprint density at radius 3 is 3.17 bits per heavy atom. The number of nitrogens with zero attached hydrogens (tertiary/aromatic N) is 1. The van der Waals surface area contributed by atoms with E-state index in [1.807, 2.05) is 22.9 Å². The van der Waals surface area contributed by atoms with Crippen LogP contribution in [0, 0.1) is 0 Å². The topological polar surface area (TPSA) is 32.3 Å². The van der Waals surface area contributed by atoms with Gasteiger partial charge in [0.2, 0.25) is 0 Å². The van der Waals surface area contributed by atoms with E-state index in [-0.39, 0.29) is 6.03 Å². The van der Waals surface area contributed by atoms with Crippen molar-refractivity contribution in [2.45, 2.75) is 0 Å². The van der Waals surface area contributed by atoms with Crippen LogP contribution in [0.2, 0.25) is 0 Å². The Bertz CT molecular complexity index is 305. The third-order valence-corrected chi connectivity index (χ3v) is 2.30. The molecule has 1 aromatic rings. The molecule has 1 N–H and O–H groups in total. The zero-order chi connectivity index (χ0) is 8.39. The average Bonchev–Trinajstić information content (AvgIpc) is 2.57. The van der Waals surface area contributed by atoms with Crippen LogP contribution >= 0.6 is 11.3 Å². The molecule has 0 aromatic carbocycles. The summed E-state index contributed by atoms with van der Waals surface area (Å²) in [5, 5.41) is 6.61. The van der Waals surface area contributed by atoms with Crippen molar-refractivity contribution in [2.24, 2.45) is 0 Å². The summed E-state index contributed by atoms with van der Waals surface area (Å²) in [7, 11) is 0. The van der Waals surface area contributed by atoms with E-state index in [2.05, 4.69) is 5.32 Å². The fourth-order valence-electron chi connectivity index (χ4n) is 1.05. The lowest BCUT2D eigenvalue weighted by molar-refractivity contribution is 0.248. The zero-order valence-electron chi connectivity index (χ0n) is 6.36. The molecule has 2 rings (SSSR count). The monoisotopic (exact) mass is 180 g/mol. The summed E-state index contributed by atoms with van der Waals surface area (Å²) in [6.45, 7) is 0.624. The van der Waals surface area contributed by atoms with E-state index in [4.69, 9.17) is 0 Å². The van der Waals surface area contributed by atoms with E-state index in [0.717, 1.165) is 5.69 Å². The van der Waals surface area contributed by atoms with Gasteiger partial charge in [0.1, 0.15) is 0 Å². The summed E-state index contributed by atoms with van der Waals surface area (Å²) in [6.07, 6.45) is 3.71. The van der Waals surface area contributed by atoms with Gasteiger partial charge in [0, 0.05) is 18.1 Å². The predicted octanol–water partition coefficient (Wildman–Crippen LogP) is 1.79. The van der Waals surface area contributed by atoms with Crippen molar-refractivity contribution in [2.75, 3.05) is 11.4 Å². The van der Waals surface area contributed by atoms with Crippen LogP contribution in [-0.2, 0) is 0 Å². The highest BCUT2D eigenvalue weighted by Gasteiger charge is 2.14. The van der Waals surface area contributed by atoms with Crippen molar-refractivity contribution in [3.05, 3.63) is 29.1 Å². The molecule has 0 radical (unpaired) electrons. The quantitative estimate of drug-likeness (QED) is 0.702. The molecule has 1 aliphatic heterocycles. The Morgan fingerprint density at radius 1 is 1.58 bits per heavy atom. The first kappa shape index (κ1) is 7.36. The van der Waals surface area contributed by atoms with Crippen molar-refractivity contribution in [3.63, 3.8) is 0 Å². The second kappa shape index (κ2) is 2.98. The normalized spacial score (nSPS) is 16.3. The van der Waals surface area contributed by atoms with Crippen LogP contribution in [0.25, 0.3) is 0 Å². The first-order valence-corrected chi connectivity index (χ1v) is 4.58. The molecule has 1 aliphatic rings. The SMILES string of the molecule is O=C1NCC=CN1c1ccsc1. The largest absolute Gasteiger partial charge is 0.334 e. The molecule has 0 fully saturated rings. The van der Waals surface area contributed by atoms with E-state index in [1.165, 1.54) is 0 Å². The summed E-state index contributed by atoms with van der Waals surface area (Å²) >= 11 is 1.58. The number of amides is 2. The van der Waals surface area contributed by atoms with Gasteiger partial charge in [-0.25, -0.2) is 4.79 Å². The van der Waals surface area contributed by atoms with Crippen LogP contribution in [0.3, 0.4) is 0 Å². The molecule has 0 saturated carbocycles. The molecule has 12 heavy (non-hydrogen) atoms. The molecule has 0 aliphatic carbocycles. The molecule has 4 heteroatoms. The Labute approximate surface area is 74.3 Å². The van der Waals surface area contributed by atoms with Crippen LogP contribution in [-0.4, -0.2) is 12.6 Å². The second-order valence-corrected chi connectivity index (χ2v) is 3.20. The van der Waals surface area contributed by atoms with Crippen molar-refractivity contribution in [3.8, 4) is 0 Å². The van der Waals surface area contributed by atoms with E-state index in [9.17, 15) is 4.79 Å². The fourth-order valence-corrected chi connectivity index (χ4v) is 1.68. The molecule has 2 heterocycles. The van der Waals surface area contributed by atoms with E-state index < -0.39 is 0 Å². The summed E-state index contributed by atoms with van der Waals surface area (Å²) in [6, 6.07) is 1.86. The first-order valence-electron chi connectivity index (χ1n) is 3.64. The number of nitrogens with one attached hydrogen (secondary N) is 1. The Hall–Kier alpha value is -1.29. The van der Waals surface area contributed by atoms with Gasteiger partial charge in [-0.2, -0.15) is 11.3 Å². The predicted molar refractivity (Wildman–Crippen MR) is 49.3 cm³/mol. The molecular formula is C8H8N2OS. The van der Waals surface area contributed by atoms with Gasteiger partial charge in [-0.3, -0.25) is 4.90 Å². The lowest BCUT2D eigenvalue weighted by Gasteiger charge is -2.20. The van der Waals surface area contributed by atoms with Crippen LogP contribution in [0.5, 0.6) is 0 Å². The maximum absolute atomic E-state index is 11.3. The zero-order valence-corrected chi connectivity index (χ0v) is 7.17. The molecular weight excluding hydrogens is 172 g/mol. The van der Waals surface area contributed by atoms with Crippen molar-refractivity contribution >= 4 is 23.1 Å². The lowest BCUT2D eigenvalue weighted by Crippen LogP contribution is -2.39. The van der Waals surface area contributed by atoms with Crippen molar-refractivity contribution in [1.82, 2.24) is 5.32 Å². The fraction of sp³-hybridized carbons (Fsp3) is 0.125. The van der Waals surface area contributed by atoms with Crippen LogP contribution in [0.15, 0.2) is 29.1 Å². The summed E-state index contributed by atoms with van der Waals surface area (Å²) in [5.74, 6) is 0. The maximum atomic E-state index is 11.3. The highest BCUT2D eigenvalue weighted by atomic mass is 32.1. The summed E-state index contributed by atoms with van der Waals surface area (Å²) in [4.78, 5) is 12.9. The summed E-state index contributed by atoms with van der Waals surface area (Å²) in [5.41, 5.74) is 0.924. The van der Waals surface area contributed by atoms with Gasteiger partial charge in [0.25, 0.3) is 0 Å². The Balaban J connectivity index is 2.28. The molecule has 62 valence electrons. The third kappa shape index (κ3) is 1.21. The molecule has 3 nitrogen and oxygen atoms in total. The van der Waals surface area contributed by atoms with E-state index >= 15 is 0 Å². The van der Waals surface area contributed by atoms with E-state index in [0.29, 0.717) is 6.54 Å². The smallest absolute Gasteiger partial charge is 0.326 e. The van der Waals surface area contributed by atoms with Crippen molar-refractivity contribution < 1.29 is 4.79 Å². The minimum Gasteiger partial charge on any atom is -0.334 e. The van der Waals surface area contributed by atoms with Gasteiger partial charge in [0.05, 0.1) is 5.69 Å². The number of rotatable bonds is 1. The Morgan fingerprint density at radius 2 is 2.50 bits per heavy atom. The standard InChI is InChI=1S/C8H8N2OS/c11-8-9-3-1-4-10(8)7-2-5-12-6-7/h1-2,4-6H,3H2,(H,9,11). The van der Waals surface area contributed by atoms with Crippen LogP contribution in [0.4, 0.5) is 10.5 Å². The third-order valence-electron chi connectivity index (χ3n) is 1.63. The van der Waals surface area contributed by atoms with Gasteiger partial charge in [-0.05, 0) is 17.5 Å². The van der Waals surface area contributed by atoms with E-state index in [1.54, 1.807) is 22.4 Å². The number of carbonyl (C=O) groups is 1. The van der Waals surface area contributed by atoms with Crippen LogP contribution < -0.4 is 10.2 Å². The minimum atomic E-state index is -0.0594. The first-order chi connectivity index (χ1) is 5.88. The highest BCUT2D eigenvalue weighted by Crippen LogP contribution is 2.19. The molecule has 0 saturated heterocycles. The number of hydrogen-bond acceptors (Lipinski definition) is 2.